The molecule has 0 radical (unpaired) electrons. The SMILES string of the molecule is COc1csc(C(=O)Nc2ccc(F)cc2Br)c1. The molecule has 2 rings (SSSR count). The lowest BCUT2D eigenvalue weighted by atomic mass is 10.3. The summed E-state index contributed by atoms with van der Waals surface area (Å²) >= 11 is 4.48. The van der Waals surface area contributed by atoms with Crippen molar-refractivity contribution in [1.29, 1.82) is 0 Å². The van der Waals surface area contributed by atoms with Gasteiger partial charge in [-0.05, 0) is 34.1 Å². The van der Waals surface area contributed by atoms with Crippen LogP contribution in [0.1, 0.15) is 9.67 Å². The fraction of sp³-hybridized carbons (Fsp3) is 0.0833. The molecular formula is C12H9BrFNO2S. The van der Waals surface area contributed by atoms with Gasteiger partial charge in [-0.2, -0.15) is 0 Å². The minimum atomic E-state index is -0.363. The van der Waals surface area contributed by atoms with E-state index in [1.807, 2.05) is 0 Å². The number of carbonyl (C=O) groups is 1. The fourth-order valence-corrected chi connectivity index (χ4v) is 2.52. The second kappa shape index (κ2) is 5.49. The van der Waals surface area contributed by atoms with Crippen molar-refractivity contribution < 1.29 is 13.9 Å². The zero-order chi connectivity index (χ0) is 13.1. The number of hydrogen-bond acceptors (Lipinski definition) is 3. The van der Waals surface area contributed by atoms with Crippen molar-refractivity contribution in [2.75, 3.05) is 12.4 Å². The maximum absolute atomic E-state index is 12.9. The lowest BCUT2D eigenvalue weighted by molar-refractivity contribution is 0.103. The first-order chi connectivity index (χ1) is 8.60. The Balaban J connectivity index is 2.16. The Morgan fingerprint density at radius 2 is 2.22 bits per heavy atom. The molecule has 0 aliphatic carbocycles. The predicted molar refractivity (Wildman–Crippen MR) is 72.9 cm³/mol. The standard InChI is InChI=1S/C12H9BrFNO2S/c1-17-8-5-11(18-6-8)12(16)15-10-3-2-7(14)4-9(10)13/h2-6H,1H3,(H,15,16). The van der Waals surface area contributed by atoms with Gasteiger partial charge in [-0.1, -0.05) is 0 Å². The largest absolute Gasteiger partial charge is 0.496 e. The number of ether oxygens (including phenoxy) is 1. The summed E-state index contributed by atoms with van der Waals surface area (Å²) in [4.78, 5) is 12.4. The summed E-state index contributed by atoms with van der Waals surface area (Å²) in [6.45, 7) is 0. The second-order valence-electron chi connectivity index (χ2n) is 3.43. The van der Waals surface area contributed by atoms with Crippen LogP contribution in [0.3, 0.4) is 0 Å². The molecule has 3 nitrogen and oxygen atoms in total. The molecular weight excluding hydrogens is 321 g/mol. The molecule has 6 heteroatoms. The lowest BCUT2D eigenvalue weighted by Crippen LogP contribution is -2.10. The van der Waals surface area contributed by atoms with Crippen molar-refractivity contribution >= 4 is 38.9 Å². The Kier molecular flexibility index (Phi) is 3.98. The summed E-state index contributed by atoms with van der Waals surface area (Å²) in [5.41, 5.74) is 0.522. The highest BCUT2D eigenvalue weighted by molar-refractivity contribution is 9.10. The third-order valence-corrected chi connectivity index (χ3v) is 3.78. The summed E-state index contributed by atoms with van der Waals surface area (Å²) in [5, 5.41) is 4.44. The van der Waals surface area contributed by atoms with Crippen molar-refractivity contribution in [3.05, 3.63) is 44.8 Å². The highest BCUT2D eigenvalue weighted by atomic mass is 79.9. The van der Waals surface area contributed by atoms with E-state index >= 15 is 0 Å². The first-order valence-electron chi connectivity index (χ1n) is 4.99. The predicted octanol–water partition coefficient (Wildman–Crippen LogP) is 3.91. The number of methoxy groups -OCH3 is 1. The third-order valence-electron chi connectivity index (χ3n) is 2.21. The zero-order valence-corrected chi connectivity index (χ0v) is 11.8. The van der Waals surface area contributed by atoms with Gasteiger partial charge in [0.25, 0.3) is 5.91 Å². The van der Waals surface area contributed by atoms with Gasteiger partial charge < -0.3 is 10.1 Å². The third kappa shape index (κ3) is 2.88. The van der Waals surface area contributed by atoms with E-state index in [2.05, 4.69) is 21.2 Å². The minimum Gasteiger partial charge on any atom is -0.496 e. The molecule has 1 amide bonds. The summed E-state index contributed by atoms with van der Waals surface area (Å²) in [7, 11) is 1.54. The van der Waals surface area contributed by atoms with Crippen LogP contribution in [0, 0.1) is 5.82 Å². The number of rotatable bonds is 3. The molecule has 2 aromatic rings. The molecule has 0 bridgehead atoms. The van der Waals surface area contributed by atoms with Crippen LogP contribution in [0.2, 0.25) is 0 Å². The topological polar surface area (TPSA) is 38.3 Å². The highest BCUT2D eigenvalue weighted by Crippen LogP contribution is 2.26. The Labute approximate surface area is 116 Å². The number of thiophene rings is 1. The number of amides is 1. The van der Waals surface area contributed by atoms with Gasteiger partial charge in [-0.25, -0.2) is 4.39 Å². The Morgan fingerprint density at radius 1 is 1.44 bits per heavy atom. The number of anilines is 1. The highest BCUT2D eigenvalue weighted by Gasteiger charge is 2.11. The van der Waals surface area contributed by atoms with Crippen LogP contribution in [0.15, 0.2) is 34.1 Å². The Morgan fingerprint density at radius 3 is 2.83 bits per heavy atom. The average Bonchev–Trinajstić information content (AvgIpc) is 2.81. The molecule has 1 aromatic heterocycles. The number of carbonyl (C=O) groups excluding carboxylic acids is 1. The van der Waals surface area contributed by atoms with E-state index in [4.69, 9.17) is 4.74 Å². The van der Waals surface area contributed by atoms with Gasteiger partial charge in [-0.3, -0.25) is 4.79 Å². The van der Waals surface area contributed by atoms with E-state index < -0.39 is 0 Å². The lowest BCUT2D eigenvalue weighted by Gasteiger charge is -2.05. The van der Waals surface area contributed by atoms with Crippen LogP contribution in [0.5, 0.6) is 5.75 Å². The zero-order valence-electron chi connectivity index (χ0n) is 9.37. The minimum absolute atomic E-state index is 0.254. The number of hydrogen-bond donors (Lipinski definition) is 1. The van der Waals surface area contributed by atoms with E-state index in [-0.39, 0.29) is 11.7 Å². The van der Waals surface area contributed by atoms with Crippen molar-refractivity contribution in [2.24, 2.45) is 0 Å². The molecule has 0 atom stereocenters. The summed E-state index contributed by atoms with van der Waals surface area (Å²) in [6, 6.07) is 5.74. The van der Waals surface area contributed by atoms with E-state index in [1.54, 1.807) is 18.6 Å². The molecule has 18 heavy (non-hydrogen) atoms. The normalized spacial score (nSPS) is 10.2. The number of benzene rings is 1. The van der Waals surface area contributed by atoms with Gasteiger partial charge in [0.2, 0.25) is 0 Å². The van der Waals surface area contributed by atoms with E-state index in [9.17, 15) is 9.18 Å². The maximum Gasteiger partial charge on any atom is 0.265 e. The first kappa shape index (κ1) is 13.0. The molecule has 0 aliphatic rings. The van der Waals surface area contributed by atoms with Crippen LogP contribution in [-0.2, 0) is 0 Å². The maximum atomic E-state index is 12.9. The van der Waals surface area contributed by atoms with Crippen molar-refractivity contribution in [1.82, 2.24) is 0 Å². The van der Waals surface area contributed by atoms with Crippen LogP contribution < -0.4 is 10.1 Å². The van der Waals surface area contributed by atoms with Crippen LogP contribution >= 0.6 is 27.3 Å². The van der Waals surface area contributed by atoms with Gasteiger partial charge in [0, 0.05) is 15.9 Å². The van der Waals surface area contributed by atoms with Gasteiger partial charge >= 0.3 is 0 Å². The number of nitrogens with one attached hydrogen (secondary N) is 1. The van der Waals surface area contributed by atoms with Crippen molar-refractivity contribution in [3.8, 4) is 5.75 Å². The van der Waals surface area contributed by atoms with Crippen LogP contribution in [0.4, 0.5) is 10.1 Å². The van der Waals surface area contributed by atoms with Crippen molar-refractivity contribution in [2.45, 2.75) is 0 Å². The molecule has 0 fully saturated rings. The van der Waals surface area contributed by atoms with Crippen molar-refractivity contribution in [3.63, 3.8) is 0 Å². The Bertz CT molecular complexity index is 585. The van der Waals surface area contributed by atoms with E-state index in [0.29, 0.717) is 20.8 Å². The summed E-state index contributed by atoms with van der Waals surface area (Å²) < 4.78 is 18.4. The molecule has 0 aliphatic heterocycles. The van der Waals surface area contributed by atoms with E-state index in [1.165, 1.54) is 29.5 Å². The molecule has 0 unspecified atom stereocenters. The molecule has 1 aromatic carbocycles. The van der Waals surface area contributed by atoms with Gasteiger partial charge in [0.05, 0.1) is 17.7 Å². The average molecular weight is 330 g/mol. The monoisotopic (exact) mass is 329 g/mol. The van der Waals surface area contributed by atoms with Gasteiger partial charge in [-0.15, -0.1) is 11.3 Å². The van der Waals surface area contributed by atoms with Crippen LogP contribution in [-0.4, -0.2) is 13.0 Å². The van der Waals surface area contributed by atoms with Gasteiger partial charge in [0.1, 0.15) is 11.6 Å². The first-order valence-corrected chi connectivity index (χ1v) is 6.66. The molecule has 0 saturated heterocycles. The molecule has 1 N–H and O–H groups in total. The molecule has 0 spiro atoms. The molecule has 94 valence electrons. The van der Waals surface area contributed by atoms with Crippen LogP contribution in [0.25, 0.3) is 0 Å². The number of halogens is 2. The molecule has 0 saturated carbocycles. The smallest absolute Gasteiger partial charge is 0.265 e. The van der Waals surface area contributed by atoms with Gasteiger partial charge in [0.15, 0.2) is 0 Å². The quantitative estimate of drug-likeness (QED) is 0.927. The fourth-order valence-electron chi connectivity index (χ4n) is 1.32. The molecule has 1 heterocycles. The second-order valence-corrected chi connectivity index (χ2v) is 5.19. The summed E-state index contributed by atoms with van der Waals surface area (Å²) in [5.74, 6) is 0.0246. The Hall–Kier alpha value is -1.40. The van der Waals surface area contributed by atoms with E-state index in [0.717, 1.165) is 0 Å². The summed E-state index contributed by atoms with van der Waals surface area (Å²) in [6.07, 6.45) is 0.